The Labute approximate surface area is 294 Å². The predicted molar refractivity (Wildman–Crippen MR) is 186 cm³/mol. The molecule has 1 saturated heterocycles. The summed E-state index contributed by atoms with van der Waals surface area (Å²) >= 11 is 0. The van der Waals surface area contributed by atoms with Crippen molar-refractivity contribution < 1.29 is 38.3 Å². The Balaban J connectivity index is 0.914. The largest absolute Gasteiger partial charge is 0.449 e. The molecule has 2 aliphatic carbocycles. The Bertz CT molecular complexity index is 1890. The highest BCUT2D eigenvalue weighted by Crippen LogP contribution is 2.45. The number of alkyl carbamates (subject to hydrolysis) is 2. The van der Waals surface area contributed by atoms with Gasteiger partial charge in [-0.15, -0.1) is 5.06 Å². The highest BCUT2D eigenvalue weighted by Gasteiger charge is 2.36. The van der Waals surface area contributed by atoms with Gasteiger partial charge in [-0.25, -0.2) is 14.4 Å². The lowest BCUT2D eigenvalue weighted by Gasteiger charge is -2.21. The van der Waals surface area contributed by atoms with Gasteiger partial charge in [-0.1, -0.05) is 97.1 Å². The van der Waals surface area contributed by atoms with Crippen LogP contribution in [0.3, 0.4) is 0 Å². The fraction of sp³-hybridized carbons (Fsp3) is 0.275. The molecule has 3 aliphatic rings. The lowest BCUT2D eigenvalue weighted by molar-refractivity contribution is -0.199. The average Bonchev–Trinajstić information content (AvgIpc) is 3.77. The summed E-state index contributed by atoms with van der Waals surface area (Å²) in [5.41, 5.74) is 8.75. The minimum absolute atomic E-state index is 0.0365. The minimum atomic E-state index is -1.21. The number of fused-ring (bicyclic) bond motifs is 6. The number of nitrogens with one attached hydrogen (secondary N) is 2. The zero-order valence-electron chi connectivity index (χ0n) is 27.8. The van der Waals surface area contributed by atoms with Gasteiger partial charge >= 0.3 is 18.2 Å². The van der Waals surface area contributed by atoms with Crippen LogP contribution in [0, 0.1) is 0 Å². The van der Waals surface area contributed by atoms with E-state index in [9.17, 15) is 24.0 Å². The number of rotatable bonds is 12. The smallest absolute Gasteiger partial charge is 0.407 e. The van der Waals surface area contributed by atoms with Crippen LogP contribution in [0.4, 0.5) is 9.59 Å². The van der Waals surface area contributed by atoms with Crippen molar-refractivity contribution in [2.24, 2.45) is 0 Å². The van der Waals surface area contributed by atoms with Crippen LogP contribution >= 0.6 is 0 Å². The third kappa shape index (κ3) is 7.05. The highest BCUT2D eigenvalue weighted by molar-refractivity contribution is 6.02. The van der Waals surface area contributed by atoms with Crippen molar-refractivity contribution in [2.75, 3.05) is 19.8 Å². The van der Waals surface area contributed by atoms with Crippen molar-refractivity contribution in [1.29, 1.82) is 0 Å². The van der Waals surface area contributed by atoms with Crippen molar-refractivity contribution in [2.45, 2.75) is 50.0 Å². The van der Waals surface area contributed by atoms with Crippen LogP contribution in [0.5, 0.6) is 0 Å². The van der Waals surface area contributed by atoms with E-state index >= 15 is 0 Å². The van der Waals surface area contributed by atoms with Crippen LogP contribution < -0.4 is 10.6 Å². The molecule has 1 atom stereocenters. The summed E-state index contributed by atoms with van der Waals surface area (Å²) in [5, 5.41) is 5.76. The second-order valence-corrected chi connectivity index (χ2v) is 12.8. The summed E-state index contributed by atoms with van der Waals surface area (Å²) in [4.78, 5) is 68.1. The number of unbranched alkanes of at least 4 members (excludes halogenated alkanes) is 1. The monoisotopic (exact) mass is 687 g/mol. The lowest BCUT2D eigenvalue weighted by atomic mass is 9.98. The first-order valence-electron chi connectivity index (χ1n) is 17.2. The number of nitrogens with zero attached hydrogens (tertiary/aromatic N) is 1. The van der Waals surface area contributed by atoms with Crippen LogP contribution in [0.1, 0.15) is 66.2 Å². The van der Waals surface area contributed by atoms with Gasteiger partial charge in [0, 0.05) is 31.2 Å². The van der Waals surface area contributed by atoms with Gasteiger partial charge in [0.25, 0.3) is 11.8 Å². The molecular weight excluding hydrogens is 650 g/mol. The van der Waals surface area contributed by atoms with E-state index in [0.29, 0.717) is 17.9 Å². The highest BCUT2D eigenvalue weighted by atomic mass is 16.7. The van der Waals surface area contributed by atoms with E-state index in [-0.39, 0.29) is 50.9 Å². The van der Waals surface area contributed by atoms with E-state index in [1.54, 1.807) is 0 Å². The molecule has 11 heteroatoms. The molecule has 4 aromatic rings. The van der Waals surface area contributed by atoms with E-state index < -0.39 is 36.0 Å². The number of carbonyl (C=O) groups excluding carboxylic acids is 5. The number of hydrogen-bond acceptors (Lipinski definition) is 8. The van der Waals surface area contributed by atoms with Crippen LogP contribution in [-0.2, 0) is 28.7 Å². The molecule has 0 radical (unpaired) electrons. The Hall–Kier alpha value is -5.97. The Kier molecular flexibility index (Phi) is 9.78. The van der Waals surface area contributed by atoms with Gasteiger partial charge in [0.15, 0.2) is 0 Å². The van der Waals surface area contributed by atoms with Crippen LogP contribution in [-0.4, -0.2) is 60.8 Å². The SMILES string of the molecule is O=C(NCCCCC(NC(=O)OCC1c2ccccc2-c2ccccc21)C(=O)ON1C(=O)CCC1=O)OCC1c2ccccc2-c2ccccc21. The summed E-state index contributed by atoms with van der Waals surface area (Å²) in [7, 11) is 0. The minimum Gasteiger partial charge on any atom is -0.449 e. The molecule has 51 heavy (non-hydrogen) atoms. The molecule has 1 fully saturated rings. The number of amides is 4. The standard InChI is InChI=1S/C40H37N3O8/c44-36-20-21-37(45)43(36)51-38(46)35(42-40(48)50-24-34-31-17-7-3-13-27(31)28-14-4-8-18-32(28)34)19-9-10-22-41-39(47)49-23-33-29-15-5-1-11-25(29)26-12-2-6-16-30(26)33/h1-8,11-18,33-35H,9-10,19-24H2,(H,41,47)(H,42,48). The second kappa shape index (κ2) is 14.9. The zero-order valence-corrected chi connectivity index (χ0v) is 27.8. The molecule has 1 unspecified atom stereocenters. The predicted octanol–water partition coefficient (Wildman–Crippen LogP) is 6.21. The van der Waals surface area contributed by atoms with Crippen molar-refractivity contribution in [3.8, 4) is 22.3 Å². The molecule has 0 spiro atoms. The Morgan fingerprint density at radius 1 is 0.627 bits per heavy atom. The fourth-order valence-electron chi connectivity index (χ4n) is 7.16. The Morgan fingerprint density at radius 2 is 1.06 bits per heavy atom. The maximum absolute atomic E-state index is 13.1. The molecule has 1 aliphatic heterocycles. The molecule has 2 N–H and O–H groups in total. The number of hydroxylamine groups is 2. The molecule has 4 amide bonds. The molecule has 4 aromatic carbocycles. The summed E-state index contributed by atoms with van der Waals surface area (Å²) < 4.78 is 11.2. The molecule has 1 heterocycles. The summed E-state index contributed by atoms with van der Waals surface area (Å²) in [6.07, 6.45) is -0.580. The molecule has 0 saturated carbocycles. The van der Waals surface area contributed by atoms with E-state index in [4.69, 9.17) is 14.3 Å². The first-order chi connectivity index (χ1) is 24.9. The van der Waals surface area contributed by atoms with Crippen LogP contribution in [0.2, 0.25) is 0 Å². The average molecular weight is 688 g/mol. The van der Waals surface area contributed by atoms with Gasteiger partial charge in [0.1, 0.15) is 19.3 Å². The number of hydrogen-bond donors (Lipinski definition) is 2. The zero-order chi connectivity index (χ0) is 35.3. The summed E-state index contributed by atoms with van der Waals surface area (Å²) in [6, 6.07) is 30.8. The fourth-order valence-corrected chi connectivity index (χ4v) is 7.16. The van der Waals surface area contributed by atoms with Crippen molar-refractivity contribution >= 4 is 30.0 Å². The molecular formula is C40H37N3O8. The maximum Gasteiger partial charge on any atom is 0.407 e. The van der Waals surface area contributed by atoms with E-state index in [1.807, 2.05) is 72.8 Å². The third-order valence-corrected chi connectivity index (χ3v) is 9.64. The van der Waals surface area contributed by atoms with Crippen LogP contribution in [0.15, 0.2) is 97.1 Å². The molecule has 11 nitrogen and oxygen atoms in total. The van der Waals surface area contributed by atoms with E-state index in [0.717, 1.165) is 44.5 Å². The van der Waals surface area contributed by atoms with Gasteiger partial charge in [-0.05, 0) is 63.8 Å². The van der Waals surface area contributed by atoms with Gasteiger partial charge in [-0.3, -0.25) is 9.59 Å². The topological polar surface area (TPSA) is 140 Å². The Morgan fingerprint density at radius 3 is 1.53 bits per heavy atom. The quantitative estimate of drug-likeness (QED) is 0.132. The first kappa shape index (κ1) is 33.5. The van der Waals surface area contributed by atoms with E-state index in [2.05, 4.69) is 34.9 Å². The third-order valence-electron chi connectivity index (χ3n) is 9.64. The van der Waals surface area contributed by atoms with Gasteiger partial charge in [0.05, 0.1) is 0 Å². The maximum atomic E-state index is 13.1. The molecule has 0 aromatic heterocycles. The lowest BCUT2D eigenvalue weighted by Crippen LogP contribution is -2.45. The number of benzene rings is 4. The number of ether oxygens (including phenoxy) is 2. The second-order valence-electron chi connectivity index (χ2n) is 12.8. The summed E-state index contributed by atoms with van der Waals surface area (Å²) in [6.45, 7) is 0.479. The normalized spacial score (nSPS) is 15.0. The van der Waals surface area contributed by atoms with Gasteiger partial charge in [-0.2, -0.15) is 0 Å². The van der Waals surface area contributed by atoms with Crippen molar-refractivity contribution in [3.05, 3.63) is 119 Å². The molecule has 0 bridgehead atoms. The number of imide groups is 1. The van der Waals surface area contributed by atoms with Crippen LogP contribution in [0.25, 0.3) is 22.3 Å². The van der Waals surface area contributed by atoms with E-state index in [1.165, 1.54) is 0 Å². The van der Waals surface area contributed by atoms with Gasteiger partial charge < -0.3 is 24.9 Å². The first-order valence-corrected chi connectivity index (χ1v) is 17.2. The molecule has 7 rings (SSSR count). The molecule has 260 valence electrons. The number of carbonyl (C=O) groups is 5. The van der Waals surface area contributed by atoms with Crippen molar-refractivity contribution in [3.63, 3.8) is 0 Å². The van der Waals surface area contributed by atoms with Crippen molar-refractivity contribution in [1.82, 2.24) is 15.7 Å². The summed E-state index contributed by atoms with van der Waals surface area (Å²) in [5.74, 6) is -2.46. The van der Waals surface area contributed by atoms with Gasteiger partial charge in [0.2, 0.25) is 0 Å².